The van der Waals surface area contributed by atoms with Crippen molar-refractivity contribution in [1.82, 2.24) is 0 Å². The zero-order valence-electron chi connectivity index (χ0n) is 6.51. The summed E-state index contributed by atoms with van der Waals surface area (Å²) in [6.07, 6.45) is 2.07. The summed E-state index contributed by atoms with van der Waals surface area (Å²) in [5.41, 5.74) is 1.08. The Morgan fingerprint density at radius 3 is 2.00 bits per heavy atom. The number of rotatable bonds is 1. The molecule has 0 aliphatic heterocycles. The van der Waals surface area contributed by atoms with E-state index in [1.165, 1.54) is 4.90 Å². The molecule has 0 N–H and O–H groups in total. The minimum absolute atomic E-state index is 0. The summed E-state index contributed by atoms with van der Waals surface area (Å²) in [4.78, 5) is 1.29. The van der Waals surface area contributed by atoms with Gasteiger partial charge in [0.25, 0.3) is 0 Å². The number of hydrogen-bond donors (Lipinski definition) is 0. The van der Waals surface area contributed by atoms with Crippen molar-refractivity contribution in [3.8, 4) is 0 Å². The van der Waals surface area contributed by atoms with Crippen LogP contribution in [0.3, 0.4) is 0 Å². The van der Waals surface area contributed by atoms with Crippen molar-refractivity contribution in [2.45, 2.75) is 4.90 Å². The van der Waals surface area contributed by atoms with Gasteiger partial charge in [-0.2, -0.15) is 24.6 Å². The second kappa shape index (κ2) is 7.34. The molecule has 0 nitrogen and oxygen atoms in total. The van der Waals surface area contributed by atoms with Gasteiger partial charge in [0.1, 0.15) is 0 Å². The van der Waals surface area contributed by atoms with E-state index in [1.54, 1.807) is 11.8 Å². The summed E-state index contributed by atoms with van der Waals surface area (Å²) in [7, 11) is 0. The summed E-state index contributed by atoms with van der Waals surface area (Å²) in [5, 5.41) is 0. The molecule has 1 aromatic rings. The van der Waals surface area contributed by atoms with Gasteiger partial charge in [0.2, 0.25) is 0 Å². The van der Waals surface area contributed by atoms with Crippen molar-refractivity contribution in [3.05, 3.63) is 36.8 Å². The molecular formula is C8H9BrMgS. The largest absolute Gasteiger partial charge is 2.00 e. The van der Waals surface area contributed by atoms with Crippen LogP contribution in [0.5, 0.6) is 0 Å². The Kier molecular flexibility index (Phi) is 9.49. The molecule has 0 unspecified atom stereocenters. The van der Waals surface area contributed by atoms with Gasteiger partial charge in [0.15, 0.2) is 0 Å². The molecule has 0 saturated carbocycles. The van der Waals surface area contributed by atoms with E-state index in [-0.39, 0.29) is 40.0 Å². The van der Waals surface area contributed by atoms with Crippen LogP contribution in [0.1, 0.15) is 5.56 Å². The fourth-order valence-corrected chi connectivity index (χ4v) is 1.03. The van der Waals surface area contributed by atoms with E-state index in [2.05, 4.69) is 25.3 Å². The zero-order chi connectivity index (χ0) is 6.69. The molecule has 0 fully saturated rings. The van der Waals surface area contributed by atoms with E-state index in [0.717, 1.165) is 5.56 Å². The van der Waals surface area contributed by atoms with E-state index in [9.17, 15) is 0 Å². The summed E-state index contributed by atoms with van der Waals surface area (Å²) in [6.45, 7) is 3.79. The Labute approximate surface area is 99.1 Å². The second-order valence-corrected chi connectivity index (χ2v) is 2.73. The van der Waals surface area contributed by atoms with Crippen LogP contribution < -0.4 is 17.0 Å². The summed E-state index contributed by atoms with van der Waals surface area (Å²) in [5.74, 6) is 0. The standard InChI is InChI=1S/C8H9S.BrH.Mg/c1-7-3-5-8(9-2)6-4-7;;/h3-6H,1H2,2H3;1H;/q-1;;+2/p-1. The van der Waals surface area contributed by atoms with Crippen molar-refractivity contribution in [2.75, 3.05) is 6.26 Å². The van der Waals surface area contributed by atoms with Gasteiger partial charge in [-0.05, 0) is 11.2 Å². The molecule has 0 aliphatic rings. The fraction of sp³-hybridized carbons (Fsp3) is 0.125. The molecule has 0 aromatic heterocycles. The van der Waals surface area contributed by atoms with Gasteiger partial charge >= 0.3 is 23.1 Å². The molecule has 3 heteroatoms. The fourth-order valence-electron chi connectivity index (χ4n) is 0.626. The predicted octanol–water partition coefficient (Wildman–Crippen LogP) is -0.786. The van der Waals surface area contributed by atoms with Crippen LogP contribution >= 0.6 is 11.8 Å². The molecule has 0 bridgehead atoms. The molecule has 0 atom stereocenters. The van der Waals surface area contributed by atoms with Gasteiger partial charge in [0.05, 0.1) is 0 Å². The molecule has 0 heterocycles. The maximum absolute atomic E-state index is 3.79. The number of hydrogen-bond acceptors (Lipinski definition) is 1. The maximum atomic E-state index is 3.79. The third-order valence-corrected chi connectivity index (χ3v) is 1.90. The van der Waals surface area contributed by atoms with Crippen LogP contribution in [-0.2, 0) is 0 Å². The molecule has 0 aliphatic carbocycles. The molecule has 1 aromatic carbocycles. The van der Waals surface area contributed by atoms with Crippen LogP contribution in [0.25, 0.3) is 0 Å². The molecule has 56 valence electrons. The van der Waals surface area contributed by atoms with Gasteiger partial charge < -0.3 is 17.0 Å². The first-order valence-corrected chi connectivity index (χ1v) is 4.01. The Hall–Kier alpha value is 0.686. The van der Waals surface area contributed by atoms with Crippen molar-refractivity contribution < 1.29 is 17.0 Å². The smallest absolute Gasteiger partial charge is 1.00 e. The van der Waals surface area contributed by atoms with Crippen molar-refractivity contribution in [1.29, 1.82) is 0 Å². The zero-order valence-corrected chi connectivity index (χ0v) is 10.3. The van der Waals surface area contributed by atoms with Crippen LogP contribution in [0.4, 0.5) is 0 Å². The normalized spacial score (nSPS) is 7.73. The first-order chi connectivity index (χ1) is 4.33. The van der Waals surface area contributed by atoms with E-state index in [0.29, 0.717) is 0 Å². The maximum Gasteiger partial charge on any atom is 2.00 e. The Morgan fingerprint density at radius 1 is 1.18 bits per heavy atom. The summed E-state index contributed by atoms with van der Waals surface area (Å²) >= 11 is 1.75. The molecule has 0 spiro atoms. The van der Waals surface area contributed by atoms with Crippen LogP contribution in [-0.4, -0.2) is 29.3 Å². The third kappa shape index (κ3) is 5.01. The van der Waals surface area contributed by atoms with Gasteiger partial charge in [-0.1, -0.05) is 0 Å². The van der Waals surface area contributed by atoms with E-state index in [1.807, 2.05) is 12.1 Å². The molecule has 11 heavy (non-hydrogen) atoms. The van der Waals surface area contributed by atoms with Crippen molar-refractivity contribution >= 4 is 34.8 Å². The molecule has 0 amide bonds. The van der Waals surface area contributed by atoms with Gasteiger partial charge in [-0.3, -0.25) is 0 Å². The Bertz CT molecular complexity index is 186. The number of thioether (sulfide) groups is 1. The Balaban J connectivity index is 0. The average Bonchev–Trinajstić information content (AvgIpc) is 1.90. The van der Waals surface area contributed by atoms with E-state index >= 15 is 0 Å². The topological polar surface area (TPSA) is 0 Å². The van der Waals surface area contributed by atoms with E-state index in [4.69, 9.17) is 0 Å². The predicted molar refractivity (Wildman–Crippen MR) is 48.4 cm³/mol. The van der Waals surface area contributed by atoms with Gasteiger partial charge in [-0.25, -0.2) is 0 Å². The van der Waals surface area contributed by atoms with Gasteiger partial charge in [0, 0.05) is 0 Å². The first kappa shape index (κ1) is 14.2. The number of benzene rings is 1. The third-order valence-electron chi connectivity index (χ3n) is 1.16. The van der Waals surface area contributed by atoms with Crippen molar-refractivity contribution in [3.63, 3.8) is 0 Å². The molecule has 1 rings (SSSR count). The quantitative estimate of drug-likeness (QED) is 0.353. The molecule has 0 radical (unpaired) electrons. The van der Waals surface area contributed by atoms with Gasteiger partial charge in [-0.15, -0.1) is 23.9 Å². The molecular weight excluding hydrogens is 232 g/mol. The first-order valence-electron chi connectivity index (χ1n) is 2.79. The average molecular weight is 241 g/mol. The minimum Gasteiger partial charge on any atom is -1.00 e. The van der Waals surface area contributed by atoms with E-state index < -0.39 is 0 Å². The van der Waals surface area contributed by atoms with Crippen LogP contribution in [0.2, 0.25) is 0 Å². The minimum atomic E-state index is 0. The number of halogens is 1. The summed E-state index contributed by atoms with van der Waals surface area (Å²) in [6, 6.07) is 8.19. The van der Waals surface area contributed by atoms with Crippen LogP contribution in [0, 0.1) is 6.92 Å². The molecule has 0 saturated heterocycles. The Morgan fingerprint density at radius 2 is 1.64 bits per heavy atom. The second-order valence-electron chi connectivity index (χ2n) is 1.85. The monoisotopic (exact) mass is 240 g/mol. The summed E-state index contributed by atoms with van der Waals surface area (Å²) < 4.78 is 0. The van der Waals surface area contributed by atoms with Crippen molar-refractivity contribution in [2.24, 2.45) is 0 Å². The van der Waals surface area contributed by atoms with Crippen LogP contribution in [0.15, 0.2) is 29.2 Å². The SMILES string of the molecule is [Br-].[CH2-]c1ccc(SC)cc1.[Mg+2].